The number of nitrogens with zero attached hydrogens (tertiary/aromatic N) is 3. The van der Waals surface area contributed by atoms with Crippen LogP contribution >= 0.6 is 0 Å². The molecule has 70 valence electrons. The van der Waals surface area contributed by atoms with Gasteiger partial charge in [-0.05, 0) is 6.92 Å². The van der Waals surface area contributed by atoms with E-state index in [1.54, 1.807) is 13.0 Å². The molecule has 2 rings (SSSR count). The Kier molecular flexibility index (Phi) is 1.61. The van der Waals surface area contributed by atoms with Crippen molar-refractivity contribution in [3.8, 4) is 0 Å². The Labute approximate surface area is 75.3 Å². The second kappa shape index (κ2) is 2.54. The van der Waals surface area contributed by atoms with E-state index in [2.05, 4.69) is 16.6 Å². The lowest BCUT2D eigenvalue weighted by Gasteiger charge is -2.10. The molecule has 0 aromatic rings. The summed E-state index contributed by atoms with van der Waals surface area (Å²) in [4.78, 5) is 12.9. The van der Waals surface area contributed by atoms with Gasteiger partial charge in [-0.1, -0.05) is 12.7 Å². The van der Waals surface area contributed by atoms with E-state index in [0.717, 1.165) is 0 Å². The fraction of sp³-hybridized carbons (Fsp3) is 0.429. The smallest absolute Gasteiger partial charge is 0.350 e. The Hall–Kier alpha value is -1.40. The maximum atomic E-state index is 5.63. The minimum atomic E-state index is -1.08. The second-order valence-electron chi connectivity index (χ2n) is 2.70. The van der Waals surface area contributed by atoms with Crippen LogP contribution < -0.4 is 5.73 Å². The van der Waals surface area contributed by atoms with E-state index in [0.29, 0.717) is 18.5 Å². The Morgan fingerprint density at radius 2 is 2.62 bits per heavy atom. The van der Waals surface area contributed by atoms with E-state index in [9.17, 15) is 0 Å². The molecule has 0 amide bonds. The van der Waals surface area contributed by atoms with Crippen LogP contribution in [-0.4, -0.2) is 29.5 Å². The topological polar surface area (TPSA) is 75.5 Å². The van der Waals surface area contributed by atoms with Crippen molar-refractivity contribution in [2.75, 3.05) is 6.61 Å². The lowest BCUT2D eigenvalue weighted by molar-refractivity contribution is 0.208. The van der Waals surface area contributed by atoms with E-state index >= 15 is 0 Å². The normalized spacial score (nSPS) is 30.2. The van der Waals surface area contributed by atoms with Crippen molar-refractivity contribution < 1.29 is 9.57 Å². The highest BCUT2D eigenvalue weighted by Gasteiger charge is 2.58. The van der Waals surface area contributed by atoms with E-state index in [1.165, 1.54) is 5.06 Å². The number of ether oxygens (including phenoxy) is 1. The number of rotatable bonds is 2. The molecule has 13 heavy (non-hydrogen) atoms. The first-order valence-corrected chi connectivity index (χ1v) is 3.83. The monoisotopic (exact) mass is 182 g/mol. The summed E-state index contributed by atoms with van der Waals surface area (Å²) in [6.07, 6.45) is 1.62. The first-order valence-electron chi connectivity index (χ1n) is 3.83. The molecule has 2 aliphatic heterocycles. The van der Waals surface area contributed by atoms with Gasteiger partial charge in [0.2, 0.25) is 0 Å². The number of hydroxylamine groups is 2. The van der Waals surface area contributed by atoms with Crippen LogP contribution in [0.3, 0.4) is 0 Å². The van der Waals surface area contributed by atoms with Gasteiger partial charge < -0.3 is 4.74 Å². The molecule has 0 aromatic carbocycles. The van der Waals surface area contributed by atoms with Crippen LogP contribution in [0.25, 0.3) is 0 Å². The highest BCUT2D eigenvalue weighted by molar-refractivity contribution is 5.95. The Bertz CT molecular complexity index is 312. The molecule has 0 aliphatic carbocycles. The van der Waals surface area contributed by atoms with E-state index in [1.807, 2.05) is 0 Å². The fourth-order valence-corrected chi connectivity index (χ4v) is 1.02. The number of hydrogen-bond acceptors (Lipinski definition) is 6. The van der Waals surface area contributed by atoms with Gasteiger partial charge in [0.15, 0.2) is 0 Å². The van der Waals surface area contributed by atoms with Crippen LogP contribution in [0.5, 0.6) is 0 Å². The molecule has 0 bridgehead atoms. The van der Waals surface area contributed by atoms with Crippen LogP contribution in [-0.2, 0) is 9.57 Å². The first kappa shape index (κ1) is 8.21. The van der Waals surface area contributed by atoms with Gasteiger partial charge in [-0.15, -0.1) is 5.06 Å². The fourth-order valence-electron chi connectivity index (χ4n) is 1.02. The number of hydrogen-bond donors (Lipinski definition) is 1. The molecule has 1 atom stereocenters. The summed E-state index contributed by atoms with van der Waals surface area (Å²) in [6, 6.07) is 0.329. The molecule has 1 saturated heterocycles. The Balaban J connectivity index is 2.12. The van der Waals surface area contributed by atoms with Gasteiger partial charge in [0.1, 0.15) is 12.4 Å². The predicted molar refractivity (Wildman–Crippen MR) is 46.5 cm³/mol. The van der Waals surface area contributed by atoms with Gasteiger partial charge in [-0.2, -0.15) is 14.8 Å². The quantitative estimate of drug-likeness (QED) is 0.473. The average molecular weight is 182 g/mol. The molecule has 2 heterocycles. The minimum absolute atomic E-state index is 0.329. The summed E-state index contributed by atoms with van der Waals surface area (Å²) in [5.41, 5.74) is 5.63. The first-order chi connectivity index (χ1) is 6.15. The molecule has 0 saturated carbocycles. The third-order valence-electron chi connectivity index (χ3n) is 1.57. The molecule has 0 spiro atoms. The van der Waals surface area contributed by atoms with E-state index in [-0.39, 0.29) is 0 Å². The highest BCUT2D eigenvalue weighted by Crippen LogP contribution is 2.34. The summed E-state index contributed by atoms with van der Waals surface area (Å²) in [5, 5.41) is 1.31. The van der Waals surface area contributed by atoms with E-state index < -0.39 is 5.97 Å². The molecule has 0 radical (unpaired) electrons. The minimum Gasteiger partial charge on any atom is -0.459 e. The standard InChI is InChI=1S/C7H10N4O2/c1-3-4-12-6-9-5(2)10-7(8)11(6)13-7/h3H,1,4,8H2,2H3. The van der Waals surface area contributed by atoms with Crippen molar-refractivity contribution in [2.24, 2.45) is 15.7 Å². The van der Waals surface area contributed by atoms with Gasteiger partial charge in [0.05, 0.1) is 0 Å². The van der Waals surface area contributed by atoms with Crippen LogP contribution in [0.4, 0.5) is 0 Å². The van der Waals surface area contributed by atoms with Crippen LogP contribution in [0.2, 0.25) is 0 Å². The summed E-state index contributed by atoms with van der Waals surface area (Å²) in [5.74, 6) is -0.544. The average Bonchev–Trinajstić information content (AvgIpc) is 2.71. The van der Waals surface area contributed by atoms with Gasteiger partial charge in [0.25, 0.3) is 0 Å². The lowest BCUT2D eigenvalue weighted by atomic mass is 10.6. The Morgan fingerprint density at radius 1 is 1.85 bits per heavy atom. The van der Waals surface area contributed by atoms with E-state index in [4.69, 9.17) is 15.3 Å². The predicted octanol–water partition coefficient (Wildman–Crippen LogP) is -0.206. The third-order valence-corrected chi connectivity index (χ3v) is 1.57. The zero-order valence-corrected chi connectivity index (χ0v) is 7.23. The molecular formula is C7H10N4O2. The zero-order valence-electron chi connectivity index (χ0n) is 7.23. The van der Waals surface area contributed by atoms with Crippen LogP contribution in [0.1, 0.15) is 6.92 Å². The number of fused-ring (bicyclic) bond motifs is 1. The zero-order chi connectivity index (χ0) is 9.47. The van der Waals surface area contributed by atoms with Crippen molar-refractivity contribution in [1.29, 1.82) is 0 Å². The Morgan fingerprint density at radius 3 is 3.31 bits per heavy atom. The summed E-state index contributed by atoms with van der Waals surface area (Å²) in [7, 11) is 0. The molecule has 1 unspecified atom stereocenters. The van der Waals surface area contributed by atoms with Crippen LogP contribution in [0, 0.1) is 0 Å². The lowest BCUT2D eigenvalue weighted by Crippen LogP contribution is -2.35. The van der Waals surface area contributed by atoms with Gasteiger partial charge in [-0.25, -0.2) is 0 Å². The number of amidine groups is 2. The SMILES string of the molecule is C=CCOC1=NC(C)=NC2(N)ON12. The number of aliphatic imine (C=N–C) groups is 2. The maximum Gasteiger partial charge on any atom is 0.350 e. The number of nitrogens with two attached hydrogens (primary N) is 1. The summed E-state index contributed by atoms with van der Waals surface area (Å²) < 4.78 is 5.19. The highest BCUT2D eigenvalue weighted by atomic mass is 16.9. The molecular weight excluding hydrogens is 172 g/mol. The van der Waals surface area contributed by atoms with Crippen molar-refractivity contribution in [2.45, 2.75) is 12.9 Å². The third kappa shape index (κ3) is 1.30. The maximum absolute atomic E-state index is 5.63. The van der Waals surface area contributed by atoms with Gasteiger partial charge in [0, 0.05) is 0 Å². The molecule has 2 aliphatic rings. The largest absolute Gasteiger partial charge is 0.459 e. The van der Waals surface area contributed by atoms with Gasteiger partial charge in [-0.3, -0.25) is 5.73 Å². The van der Waals surface area contributed by atoms with Crippen molar-refractivity contribution in [1.82, 2.24) is 5.06 Å². The molecule has 6 nitrogen and oxygen atoms in total. The van der Waals surface area contributed by atoms with Crippen molar-refractivity contribution in [3.63, 3.8) is 0 Å². The van der Waals surface area contributed by atoms with Crippen molar-refractivity contribution in [3.05, 3.63) is 12.7 Å². The molecule has 6 heteroatoms. The molecule has 2 N–H and O–H groups in total. The summed E-state index contributed by atoms with van der Waals surface area (Å²) in [6.45, 7) is 5.61. The second-order valence-corrected chi connectivity index (χ2v) is 2.70. The van der Waals surface area contributed by atoms with Gasteiger partial charge >= 0.3 is 12.0 Å². The summed E-state index contributed by atoms with van der Waals surface area (Å²) >= 11 is 0. The molecule has 0 aromatic heterocycles. The molecule has 1 fully saturated rings. The van der Waals surface area contributed by atoms with Crippen molar-refractivity contribution >= 4 is 11.9 Å². The van der Waals surface area contributed by atoms with Crippen LogP contribution in [0.15, 0.2) is 22.6 Å².